The van der Waals surface area contributed by atoms with Crippen LogP contribution in [0.5, 0.6) is 0 Å². The highest BCUT2D eigenvalue weighted by atomic mass is 32.1. The van der Waals surface area contributed by atoms with Gasteiger partial charge in [-0.05, 0) is 56.7 Å². The standard InChI is InChI=1S/C16H21N3OS/c1-11-4-5-12-13(9-17)16(21-14(12)8-11)18-15(20)10-19-6-2-3-7-19/h11H,2-8,10H2,1H3,(H,18,20)/t11-/m1/s1. The lowest BCUT2D eigenvalue weighted by Crippen LogP contribution is -2.30. The van der Waals surface area contributed by atoms with E-state index in [1.165, 1.54) is 23.3 Å². The molecule has 1 aliphatic heterocycles. The number of carbonyl (C=O) groups excluding carboxylic acids is 1. The third-order valence-corrected chi connectivity index (χ3v) is 5.61. The molecule has 2 heterocycles. The Balaban J connectivity index is 1.73. The lowest BCUT2D eigenvalue weighted by atomic mass is 9.89. The molecule has 21 heavy (non-hydrogen) atoms. The summed E-state index contributed by atoms with van der Waals surface area (Å²) in [5.41, 5.74) is 1.88. The Bertz CT molecular complexity index is 581. The molecular weight excluding hydrogens is 282 g/mol. The molecule has 1 N–H and O–H groups in total. The molecule has 0 aromatic carbocycles. The molecule has 1 atom stereocenters. The maximum atomic E-state index is 12.2. The SMILES string of the molecule is C[C@@H]1CCc2c(sc(NC(=O)CN3CCCC3)c2C#N)C1. The van der Waals surface area contributed by atoms with Crippen LogP contribution in [0.1, 0.15) is 42.2 Å². The van der Waals surface area contributed by atoms with Gasteiger partial charge in [-0.3, -0.25) is 9.69 Å². The summed E-state index contributed by atoms with van der Waals surface area (Å²) in [4.78, 5) is 15.6. The van der Waals surface area contributed by atoms with Crippen molar-refractivity contribution in [1.82, 2.24) is 4.90 Å². The van der Waals surface area contributed by atoms with Crippen LogP contribution in [0, 0.1) is 17.2 Å². The minimum absolute atomic E-state index is 0.0139. The first-order valence-corrected chi connectivity index (χ1v) is 8.56. The molecule has 1 aromatic heterocycles. The van der Waals surface area contributed by atoms with E-state index in [0.717, 1.165) is 37.4 Å². The van der Waals surface area contributed by atoms with Crippen LogP contribution in [0.15, 0.2) is 0 Å². The molecule has 0 saturated carbocycles. The monoisotopic (exact) mass is 303 g/mol. The molecule has 1 fully saturated rings. The molecule has 0 spiro atoms. The second-order valence-electron chi connectivity index (χ2n) is 6.20. The van der Waals surface area contributed by atoms with Gasteiger partial charge >= 0.3 is 0 Å². The van der Waals surface area contributed by atoms with Crippen molar-refractivity contribution in [2.75, 3.05) is 25.0 Å². The van der Waals surface area contributed by atoms with Crippen molar-refractivity contribution in [3.05, 3.63) is 16.0 Å². The molecule has 4 nitrogen and oxygen atoms in total. The summed E-state index contributed by atoms with van der Waals surface area (Å²) in [5.74, 6) is 0.691. The fourth-order valence-corrected chi connectivity index (χ4v) is 4.64. The first-order chi connectivity index (χ1) is 10.2. The topological polar surface area (TPSA) is 56.1 Å². The van der Waals surface area contributed by atoms with Gasteiger partial charge < -0.3 is 5.32 Å². The van der Waals surface area contributed by atoms with E-state index in [4.69, 9.17) is 0 Å². The predicted molar refractivity (Wildman–Crippen MR) is 84.5 cm³/mol. The van der Waals surface area contributed by atoms with Crippen molar-refractivity contribution in [3.8, 4) is 6.07 Å². The third kappa shape index (κ3) is 3.12. The third-order valence-electron chi connectivity index (χ3n) is 4.44. The number of rotatable bonds is 3. The van der Waals surface area contributed by atoms with Crippen LogP contribution in [0.2, 0.25) is 0 Å². The van der Waals surface area contributed by atoms with E-state index in [1.807, 2.05) is 0 Å². The van der Waals surface area contributed by atoms with E-state index in [9.17, 15) is 10.1 Å². The molecule has 1 saturated heterocycles. The second-order valence-corrected chi connectivity index (χ2v) is 7.30. The van der Waals surface area contributed by atoms with Gasteiger partial charge in [0.1, 0.15) is 11.1 Å². The summed E-state index contributed by atoms with van der Waals surface area (Å²) in [5, 5.41) is 13.2. The van der Waals surface area contributed by atoms with Gasteiger partial charge in [0.15, 0.2) is 0 Å². The Morgan fingerprint density at radius 2 is 2.24 bits per heavy atom. The number of likely N-dealkylation sites (tertiary alicyclic amines) is 1. The van der Waals surface area contributed by atoms with E-state index in [-0.39, 0.29) is 5.91 Å². The number of hydrogen-bond donors (Lipinski definition) is 1. The average Bonchev–Trinajstić information content (AvgIpc) is 3.05. The normalized spacial score (nSPS) is 21.8. The van der Waals surface area contributed by atoms with Gasteiger partial charge in [-0.15, -0.1) is 11.3 Å². The molecule has 112 valence electrons. The molecule has 0 unspecified atom stereocenters. The van der Waals surface area contributed by atoms with Crippen LogP contribution in [0.4, 0.5) is 5.00 Å². The lowest BCUT2D eigenvalue weighted by Gasteiger charge is -2.17. The van der Waals surface area contributed by atoms with Gasteiger partial charge in [0.25, 0.3) is 0 Å². The molecule has 0 radical (unpaired) electrons. The van der Waals surface area contributed by atoms with Crippen molar-refractivity contribution < 1.29 is 4.79 Å². The Kier molecular flexibility index (Phi) is 4.27. The van der Waals surface area contributed by atoms with Crippen LogP contribution < -0.4 is 5.32 Å². The molecule has 1 aliphatic carbocycles. The van der Waals surface area contributed by atoms with Crippen molar-refractivity contribution in [2.24, 2.45) is 5.92 Å². The lowest BCUT2D eigenvalue weighted by molar-refractivity contribution is -0.117. The highest BCUT2D eigenvalue weighted by molar-refractivity contribution is 7.16. The summed E-state index contributed by atoms with van der Waals surface area (Å²) in [6.07, 6.45) is 5.51. The number of nitriles is 1. The second kappa shape index (κ2) is 6.17. The fourth-order valence-electron chi connectivity index (χ4n) is 3.27. The smallest absolute Gasteiger partial charge is 0.239 e. The number of fused-ring (bicyclic) bond motifs is 1. The Hall–Kier alpha value is -1.38. The van der Waals surface area contributed by atoms with Crippen LogP contribution in [0.25, 0.3) is 0 Å². The van der Waals surface area contributed by atoms with Crippen LogP contribution in [-0.2, 0) is 17.6 Å². The summed E-state index contributed by atoms with van der Waals surface area (Å²) in [7, 11) is 0. The minimum Gasteiger partial charge on any atom is -0.315 e. The van der Waals surface area contributed by atoms with Gasteiger partial charge in [-0.25, -0.2) is 0 Å². The van der Waals surface area contributed by atoms with Gasteiger partial charge in [0, 0.05) is 4.88 Å². The van der Waals surface area contributed by atoms with Gasteiger partial charge in [0.2, 0.25) is 5.91 Å². The van der Waals surface area contributed by atoms with Crippen molar-refractivity contribution in [2.45, 2.75) is 39.0 Å². The van der Waals surface area contributed by atoms with E-state index in [1.54, 1.807) is 11.3 Å². The van der Waals surface area contributed by atoms with Gasteiger partial charge in [0.05, 0.1) is 12.1 Å². The maximum Gasteiger partial charge on any atom is 0.239 e. The molecule has 2 aliphatic rings. The van der Waals surface area contributed by atoms with E-state index < -0.39 is 0 Å². The predicted octanol–water partition coefficient (Wildman–Crippen LogP) is 2.78. The zero-order valence-electron chi connectivity index (χ0n) is 12.4. The van der Waals surface area contributed by atoms with E-state index >= 15 is 0 Å². The minimum atomic E-state index is 0.0139. The summed E-state index contributed by atoms with van der Waals surface area (Å²) >= 11 is 1.60. The van der Waals surface area contributed by atoms with Crippen LogP contribution in [-0.4, -0.2) is 30.4 Å². The fraction of sp³-hybridized carbons (Fsp3) is 0.625. The molecule has 3 rings (SSSR count). The molecule has 5 heteroatoms. The Morgan fingerprint density at radius 3 is 2.95 bits per heavy atom. The van der Waals surface area contributed by atoms with Crippen molar-refractivity contribution >= 4 is 22.2 Å². The van der Waals surface area contributed by atoms with E-state index in [0.29, 0.717) is 18.0 Å². The maximum absolute atomic E-state index is 12.2. The zero-order valence-corrected chi connectivity index (χ0v) is 13.3. The first-order valence-electron chi connectivity index (χ1n) is 7.74. The Labute approximate surface area is 129 Å². The number of anilines is 1. The van der Waals surface area contributed by atoms with Crippen molar-refractivity contribution in [1.29, 1.82) is 5.26 Å². The molecule has 1 amide bonds. The van der Waals surface area contributed by atoms with E-state index in [2.05, 4.69) is 23.2 Å². The summed E-state index contributed by atoms with van der Waals surface area (Å²) in [6, 6.07) is 2.30. The Morgan fingerprint density at radius 1 is 1.48 bits per heavy atom. The average molecular weight is 303 g/mol. The highest BCUT2D eigenvalue weighted by Gasteiger charge is 2.25. The molecule has 0 bridgehead atoms. The van der Waals surface area contributed by atoms with Gasteiger partial charge in [-0.1, -0.05) is 6.92 Å². The largest absolute Gasteiger partial charge is 0.315 e. The van der Waals surface area contributed by atoms with Crippen LogP contribution >= 0.6 is 11.3 Å². The number of nitrogens with one attached hydrogen (secondary N) is 1. The van der Waals surface area contributed by atoms with Crippen molar-refractivity contribution in [3.63, 3.8) is 0 Å². The highest BCUT2D eigenvalue weighted by Crippen LogP contribution is 2.39. The quantitative estimate of drug-likeness (QED) is 0.934. The zero-order chi connectivity index (χ0) is 14.8. The van der Waals surface area contributed by atoms with Crippen LogP contribution in [0.3, 0.4) is 0 Å². The first kappa shape index (κ1) is 14.6. The number of nitrogens with zero attached hydrogens (tertiary/aromatic N) is 2. The number of hydrogen-bond acceptors (Lipinski definition) is 4. The number of amides is 1. The summed E-state index contributed by atoms with van der Waals surface area (Å²) in [6.45, 7) is 4.72. The number of thiophene rings is 1. The molecule has 1 aromatic rings. The number of carbonyl (C=O) groups is 1. The van der Waals surface area contributed by atoms with Gasteiger partial charge in [-0.2, -0.15) is 5.26 Å². The summed E-state index contributed by atoms with van der Waals surface area (Å²) < 4.78 is 0. The molecular formula is C16H21N3OS.